The smallest absolute Gasteiger partial charge is 0.221 e. The molecule has 5 heteroatoms. The number of rotatable bonds is 4. The second-order valence-electron chi connectivity index (χ2n) is 5.01. The first kappa shape index (κ1) is 13.1. The second kappa shape index (κ2) is 6.00. The fourth-order valence-corrected chi connectivity index (χ4v) is 2.50. The molecule has 100 valence electrons. The van der Waals surface area contributed by atoms with Gasteiger partial charge in [0.2, 0.25) is 5.88 Å². The van der Waals surface area contributed by atoms with Gasteiger partial charge in [-0.25, -0.2) is 9.97 Å². The van der Waals surface area contributed by atoms with Crippen LogP contribution < -0.4 is 10.1 Å². The van der Waals surface area contributed by atoms with Gasteiger partial charge in [0.25, 0.3) is 0 Å². The third kappa shape index (κ3) is 3.10. The molecule has 0 aromatic carbocycles. The molecule has 0 spiro atoms. The molecule has 0 radical (unpaired) electrons. The first-order valence-corrected chi connectivity index (χ1v) is 6.48. The van der Waals surface area contributed by atoms with Crippen molar-refractivity contribution >= 4 is 5.82 Å². The monoisotopic (exact) mass is 250 g/mol. The van der Waals surface area contributed by atoms with Gasteiger partial charge < -0.3 is 15.0 Å². The van der Waals surface area contributed by atoms with Crippen molar-refractivity contribution in [2.75, 3.05) is 39.1 Å². The summed E-state index contributed by atoms with van der Waals surface area (Å²) in [5.41, 5.74) is 0.976. The van der Waals surface area contributed by atoms with Crippen LogP contribution in [-0.2, 0) is 0 Å². The van der Waals surface area contributed by atoms with Crippen molar-refractivity contribution in [3.63, 3.8) is 0 Å². The predicted molar refractivity (Wildman–Crippen MR) is 72.0 cm³/mol. The Morgan fingerprint density at radius 3 is 3.06 bits per heavy atom. The van der Waals surface area contributed by atoms with Crippen molar-refractivity contribution in [2.24, 2.45) is 5.92 Å². The van der Waals surface area contributed by atoms with E-state index in [9.17, 15) is 0 Å². The van der Waals surface area contributed by atoms with Crippen LogP contribution in [0.4, 0.5) is 5.82 Å². The van der Waals surface area contributed by atoms with E-state index in [1.165, 1.54) is 19.4 Å². The summed E-state index contributed by atoms with van der Waals surface area (Å²) >= 11 is 0. The molecule has 0 aliphatic carbocycles. The normalized spacial score (nSPS) is 20.7. The fraction of sp³-hybridized carbons (Fsp3) is 0.692. The maximum Gasteiger partial charge on any atom is 0.221 e. The number of aromatic nitrogens is 2. The van der Waals surface area contributed by atoms with Crippen LogP contribution in [0.15, 0.2) is 6.33 Å². The minimum absolute atomic E-state index is 0.647. The van der Waals surface area contributed by atoms with E-state index in [0.29, 0.717) is 11.8 Å². The minimum Gasteiger partial charge on any atom is -0.481 e. The molecule has 5 nitrogen and oxygen atoms in total. The maximum atomic E-state index is 5.20. The van der Waals surface area contributed by atoms with Gasteiger partial charge in [-0.3, -0.25) is 0 Å². The number of methoxy groups -OCH3 is 1. The van der Waals surface area contributed by atoms with E-state index in [1.54, 1.807) is 13.4 Å². The highest BCUT2D eigenvalue weighted by Gasteiger charge is 2.17. The zero-order valence-electron chi connectivity index (χ0n) is 11.4. The van der Waals surface area contributed by atoms with E-state index in [2.05, 4.69) is 27.2 Å². The molecule has 1 N–H and O–H groups in total. The standard InChI is InChI=1S/C13H22N4O/c1-10-12(15-9-16-13(10)18-3)14-7-11-5-4-6-17(2)8-11/h9,11H,4-8H2,1-3H3,(H,14,15,16). The van der Waals surface area contributed by atoms with Crippen molar-refractivity contribution in [2.45, 2.75) is 19.8 Å². The first-order valence-electron chi connectivity index (χ1n) is 6.48. The average molecular weight is 250 g/mol. The summed E-state index contributed by atoms with van der Waals surface area (Å²) in [5.74, 6) is 2.23. The van der Waals surface area contributed by atoms with E-state index in [4.69, 9.17) is 4.74 Å². The van der Waals surface area contributed by atoms with E-state index < -0.39 is 0 Å². The van der Waals surface area contributed by atoms with Gasteiger partial charge in [-0.05, 0) is 39.3 Å². The Morgan fingerprint density at radius 2 is 2.33 bits per heavy atom. The Morgan fingerprint density at radius 1 is 1.50 bits per heavy atom. The van der Waals surface area contributed by atoms with Crippen molar-refractivity contribution in [1.29, 1.82) is 0 Å². The second-order valence-corrected chi connectivity index (χ2v) is 5.01. The molecule has 1 saturated heterocycles. The Hall–Kier alpha value is -1.36. The Kier molecular flexibility index (Phi) is 4.36. The van der Waals surface area contributed by atoms with E-state index in [0.717, 1.165) is 24.5 Å². The van der Waals surface area contributed by atoms with Crippen molar-refractivity contribution < 1.29 is 4.74 Å². The Labute approximate surface area is 109 Å². The highest BCUT2D eigenvalue weighted by molar-refractivity contribution is 5.47. The largest absolute Gasteiger partial charge is 0.481 e. The van der Waals surface area contributed by atoms with Gasteiger partial charge in [0.05, 0.1) is 12.7 Å². The van der Waals surface area contributed by atoms with Gasteiger partial charge in [-0.1, -0.05) is 0 Å². The van der Waals surface area contributed by atoms with E-state index >= 15 is 0 Å². The van der Waals surface area contributed by atoms with Crippen molar-refractivity contribution in [3.8, 4) is 5.88 Å². The lowest BCUT2D eigenvalue weighted by Gasteiger charge is -2.29. The molecule has 1 aromatic rings. The summed E-state index contributed by atoms with van der Waals surface area (Å²) < 4.78 is 5.20. The van der Waals surface area contributed by atoms with Gasteiger partial charge >= 0.3 is 0 Å². The molecule has 1 aliphatic rings. The number of anilines is 1. The molecular weight excluding hydrogens is 228 g/mol. The Bertz CT molecular complexity index is 397. The number of hydrogen-bond donors (Lipinski definition) is 1. The van der Waals surface area contributed by atoms with Crippen LogP contribution >= 0.6 is 0 Å². The quantitative estimate of drug-likeness (QED) is 0.878. The van der Waals surface area contributed by atoms with Crippen LogP contribution in [0.25, 0.3) is 0 Å². The lowest BCUT2D eigenvalue weighted by molar-refractivity contribution is 0.217. The summed E-state index contributed by atoms with van der Waals surface area (Å²) in [5, 5.41) is 3.42. The Balaban J connectivity index is 1.93. The van der Waals surface area contributed by atoms with Crippen LogP contribution in [0.5, 0.6) is 5.88 Å². The van der Waals surface area contributed by atoms with Crippen LogP contribution in [0.3, 0.4) is 0 Å². The van der Waals surface area contributed by atoms with Gasteiger partial charge in [0.1, 0.15) is 12.1 Å². The van der Waals surface area contributed by atoms with Crippen molar-refractivity contribution in [1.82, 2.24) is 14.9 Å². The number of nitrogens with zero attached hydrogens (tertiary/aromatic N) is 3. The van der Waals surface area contributed by atoms with Gasteiger partial charge in [-0.15, -0.1) is 0 Å². The van der Waals surface area contributed by atoms with E-state index in [-0.39, 0.29) is 0 Å². The molecular formula is C13H22N4O. The number of piperidine rings is 1. The molecule has 2 heterocycles. The summed E-state index contributed by atoms with van der Waals surface area (Å²) in [7, 11) is 3.82. The minimum atomic E-state index is 0.647. The number of hydrogen-bond acceptors (Lipinski definition) is 5. The van der Waals surface area contributed by atoms with Gasteiger partial charge in [-0.2, -0.15) is 0 Å². The molecule has 1 aliphatic heterocycles. The molecule has 0 bridgehead atoms. The number of ether oxygens (including phenoxy) is 1. The summed E-state index contributed by atoms with van der Waals surface area (Å²) in [6.07, 6.45) is 4.12. The zero-order valence-corrected chi connectivity index (χ0v) is 11.4. The predicted octanol–water partition coefficient (Wildman–Crippen LogP) is 1.55. The van der Waals surface area contributed by atoms with Crippen LogP contribution in [-0.4, -0.2) is 48.7 Å². The lowest BCUT2D eigenvalue weighted by Crippen LogP contribution is -2.35. The molecule has 18 heavy (non-hydrogen) atoms. The molecule has 1 fully saturated rings. The first-order chi connectivity index (χ1) is 8.70. The van der Waals surface area contributed by atoms with Crippen LogP contribution in [0, 0.1) is 12.8 Å². The maximum absolute atomic E-state index is 5.20. The van der Waals surface area contributed by atoms with Gasteiger partial charge in [0, 0.05) is 13.1 Å². The summed E-state index contributed by atoms with van der Waals surface area (Å²) in [4.78, 5) is 10.7. The third-order valence-corrected chi connectivity index (χ3v) is 3.51. The molecule has 1 aromatic heterocycles. The fourth-order valence-electron chi connectivity index (χ4n) is 2.50. The summed E-state index contributed by atoms with van der Waals surface area (Å²) in [6, 6.07) is 0. The summed E-state index contributed by atoms with van der Waals surface area (Å²) in [6.45, 7) is 5.32. The molecule has 0 saturated carbocycles. The number of likely N-dealkylation sites (tertiary alicyclic amines) is 1. The molecule has 1 unspecified atom stereocenters. The van der Waals surface area contributed by atoms with Crippen LogP contribution in [0.2, 0.25) is 0 Å². The van der Waals surface area contributed by atoms with Gasteiger partial charge in [0.15, 0.2) is 0 Å². The zero-order chi connectivity index (χ0) is 13.0. The SMILES string of the molecule is COc1ncnc(NCC2CCCN(C)C2)c1C. The third-order valence-electron chi connectivity index (χ3n) is 3.51. The highest BCUT2D eigenvalue weighted by Crippen LogP contribution is 2.21. The highest BCUT2D eigenvalue weighted by atomic mass is 16.5. The van der Waals surface area contributed by atoms with E-state index in [1.807, 2.05) is 6.92 Å². The van der Waals surface area contributed by atoms with Crippen molar-refractivity contribution in [3.05, 3.63) is 11.9 Å². The molecule has 0 amide bonds. The number of nitrogens with one attached hydrogen (secondary N) is 1. The topological polar surface area (TPSA) is 50.3 Å². The lowest BCUT2D eigenvalue weighted by atomic mass is 9.98. The molecule has 1 atom stereocenters. The molecule has 2 rings (SSSR count). The van der Waals surface area contributed by atoms with Crippen LogP contribution in [0.1, 0.15) is 18.4 Å². The average Bonchev–Trinajstić information content (AvgIpc) is 2.38.